The Bertz CT molecular complexity index is 595. The van der Waals surface area contributed by atoms with Gasteiger partial charge in [-0.25, -0.2) is 8.78 Å². The maximum Gasteiger partial charge on any atom is 0.163 e. The molecule has 0 saturated carbocycles. The molecule has 0 fully saturated rings. The van der Waals surface area contributed by atoms with Crippen molar-refractivity contribution in [3.63, 3.8) is 0 Å². The highest BCUT2D eigenvalue weighted by molar-refractivity contribution is 5.29. The van der Waals surface area contributed by atoms with Gasteiger partial charge in [0.15, 0.2) is 11.6 Å². The number of aryl methyl sites for hydroxylation is 1. The van der Waals surface area contributed by atoms with E-state index in [0.29, 0.717) is 5.56 Å². The van der Waals surface area contributed by atoms with Crippen molar-refractivity contribution in [2.24, 2.45) is 0 Å². The van der Waals surface area contributed by atoms with Crippen LogP contribution < -0.4 is 5.32 Å². The van der Waals surface area contributed by atoms with Crippen LogP contribution in [0.1, 0.15) is 42.6 Å². The van der Waals surface area contributed by atoms with Crippen LogP contribution >= 0.6 is 0 Å². The zero-order valence-corrected chi connectivity index (χ0v) is 12.0. The molecule has 0 aliphatic carbocycles. The minimum absolute atomic E-state index is 0.0638. The lowest BCUT2D eigenvalue weighted by atomic mass is 10.0. The molecule has 20 heavy (non-hydrogen) atoms. The monoisotopic (exact) mass is 275 g/mol. The van der Waals surface area contributed by atoms with Gasteiger partial charge in [0.1, 0.15) is 0 Å². The molecule has 1 nitrogen and oxygen atoms in total. The van der Waals surface area contributed by atoms with E-state index >= 15 is 0 Å². The zero-order chi connectivity index (χ0) is 14.7. The van der Waals surface area contributed by atoms with Crippen LogP contribution in [-0.4, -0.2) is 0 Å². The largest absolute Gasteiger partial charge is 0.304 e. The van der Waals surface area contributed by atoms with E-state index in [4.69, 9.17) is 0 Å². The normalized spacial score (nSPS) is 14.1. The second-order valence-electron chi connectivity index (χ2n) is 5.11. The summed E-state index contributed by atoms with van der Waals surface area (Å²) in [5.74, 6) is -1.58. The summed E-state index contributed by atoms with van der Waals surface area (Å²) >= 11 is 0. The fourth-order valence-corrected chi connectivity index (χ4v) is 2.48. The van der Waals surface area contributed by atoms with E-state index in [1.807, 2.05) is 45.0 Å². The maximum atomic E-state index is 13.8. The molecule has 3 heteroatoms. The predicted molar refractivity (Wildman–Crippen MR) is 77.5 cm³/mol. The Labute approximate surface area is 118 Å². The molecule has 2 rings (SSSR count). The summed E-state index contributed by atoms with van der Waals surface area (Å²) in [6.07, 6.45) is 0. The molecule has 0 aliphatic heterocycles. The molecule has 0 heterocycles. The Morgan fingerprint density at radius 3 is 2.15 bits per heavy atom. The van der Waals surface area contributed by atoms with E-state index in [-0.39, 0.29) is 12.1 Å². The number of halogens is 2. The lowest BCUT2D eigenvalue weighted by Crippen LogP contribution is -2.24. The van der Waals surface area contributed by atoms with Gasteiger partial charge in [0.2, 0.25) is 0 Å². The van der Waals surface area contributed by atoms with Gasteiger partial charge >= 0.3 is 0 Å². The molecule has 0 spiro atoms. The molecule has 2 aromatic rings. The number of benzene rings is 2. The molecule has 0 bridgehead atoms. The number of nitrogens with one attached hydrogen (secondary N) is 1. The number of rotatable bonds is 4. The van der Waals surface area contributed by atoms with Crippen molar-refractivity contribution in [3.8, 4) is 0 Å². The van der Waals surface area contributed by atoms with Crippen LogP contribution in [0.4, 0.5) is 8.78 Å². The van der Waals surface area contributed by atoms with Crippen LogP contribution in [0.15, 0.2) is 42.5 Å². The first-order chi connectivity index (χ1) is 9.50. The molecule has 0 saturated heterocycles. The van der Waals surface area contributed by atoms with E-state index < -0.39 is 11.6 Å². The van der Waals surface area contributed by atoms with Crippen molar-refractivity contribution < 1.29 is 8.78 Å². The Kier molecular flexibility index (Phi) is 4.50. The Morgan fingerprint density at radius 1 is 0.850 bits per heavy atom. The van der Waals surface area contributed by atoms with Crippen LogP contribution in [-0.2, 0) is 0 Å². The van der Waals surface area contributed by atoms with Crippen molar-refractivity contribution in [3.05, 3.63) is 70.8 Å². The molecule has 106 valence electrons. The summed E-state index contributed by atoms with van der Waals surface area (Å²) in [5, 5.41) is 3.31. The Morgan fingerprint density at radius 2 is 1.45 bits per heavy atom. The minimum atomic E-state index is -0.806. The molecular formula is C17H19F2N. The second-order valence-corrected chi connectivity index (χ2v) is 5.11. The van der Waals surface area contributed by atoms with Gasteiger partial charge in [0.25, 0.3) is 0 Å². The first-order valence-corrected chi connectivity index (χ1v) is 6.76. The molecule has 2 atom stereocenters. The summed E-state index contributed by atoms with van der Waals surface area (Å²) in [5.41, 5.74) is 2.70. The standard InChI is InChI=1S/C17H19F2N/c1-11-7-4-5-8-14(11)12(2)20-13(3)15-9-6-10-16(18)17(15)19/h4-10,12-13,20H,1-3H3. The molecule has 0 radical (unpaired) electrons. The second kappa shape index (κ2) is 6.14. The van der Waals surface area contributed by atoms with Crippen LogP contribution in [0.3, 0.4) is 0 Å². The summed E-state index contributed by atoms with van der Waals surface area (Å²) in [6.45, 7) is 5.91. The fraction of sp³-hybridized carbons (Fsp3) is 0.294. The van der Waals surface area contributed by atoms with Crippen molar-refractivity contribution >= 4 is 0 Å². The summed E-state index contributed by atoms with van der Waals surface area (Å²) in [6, 6.07) is 12.1. The summed E-state index contributed by atoms with van der Waals surface area (Å²) in [4.78, 5) is 0. The van der Waals surface area contributed by atoms with Gasteiger partial charge in [-0.3, -0.25) is 0 Å². The van der Waals surface area contributed by atoms with Gasteiger partial charge in [-0.2, -0.15) is 0 Å². The number of hydrogen-bond donors (Lipinski definition) is 1. The van der Waals surface area contributed by atoms with E-state index in [1.54, 1.807) is 6.07 Å². The third-order valence-electron chi connectivity index (χ3n) is 3.60. The topological polar surface area (TPSA) is 12.0 Å². The fourth-order valence-electron chi connectivity index (χ4n) is 2.48. The Hall–Kier alpha value is -1.74. The first kappa shape index (κ1) is 14.7. The van der Waals surface area contributed by atoms with Gasteiger partial charge in [-0.1, -0.05) is 36.4 Å². The highest BCUT2D eigenvalue weighted by Crippen LogP contribution is 2.24. The molecule has 0 aliphatic rings. The van der Waals surface area contributed by atoms with Crippen LogP contribution in [0, 0.1) is 18.6 Å². The lowest BCUT2D eigenvalue weighted by Gasteiger charge is -2.22. The third kappa shape index (κ3) is 3.05. The average Bonchev–Trinajstić information content (AvgIpc) is 2.42. The molecule has 0 aromatic heterocycles. The predicted octanol–water partition coefficient (Wildman–Crippen LogP) is 4.69. The highest BCUT2D eigenvalue weighted by Gasteiger charge is 2.17. The van der Waals surface area contributed by atoms with Crippen molar-refractivity contribution in [2.75, 3.05) is 0 Å². The van der Waals surface area contributed by atoms with E-state index in [1.165, 1.54) is 11.6 Å². The average molecular weight is 275 g/mol. The van der Waals surface area contributed by atoms with E-state index in [9.17, 15) is 8.78 Å². The van der Waals surface area contributed by atoms with Crippen molar-refractivity contribution in [2.45, 2.75) is 32.9 Å². The van der Waals surface area contributed by atoms with Gasteiger partial charge < -0.3 is 5.32 Å². The molecule has 0 amide bonds. The smallest absolute Gasteiger partial charge is 0.163 e. The third-order valence-corrected chi connectivity index (χ3v) is 3.60. The van der Waals surface area contributed by atoms with E-state index in [0.717, 1.165) is 11.6 Å². The summed E-state index contributed by atoms with van der Waals surface area (Å²) in [7, 11) is 0. The van der Waals surface area contributed by atoms with Gasteiger partial charge in [-0.15, -0.1) is 0 Å². The van der Waals surface area contributed by atoms with Crippen molar-refractivity contribution in [1.82, 2.24) is 5.32 Å². The minimum Gasteiger partial charge on any atom is -0.304 e. The van der Waals surface area contributed by atoms with Crippen LogP contribution in [0.2, 0.25) is 0 Å². The quantitative estimate of drug-likeness (QED) is 0.854. The van der Waals surface area contributed by atoms with Crippen molar-refractivity contribution in [1.29, 1.82) is 0 Å². The van der Waals surface area contributed by atoms with Gasteiger partial charge in [0.05, 0.1) is 0 Å². The Balaban J connectivity index is 2.17. The highest BCUT2D eigenvalue weighted by atomic mass is 19.2. The summed E-state index contributed by atoms with van der Waals surface area (Å²) < 4.78 is 27.0. The van der Waals surface area contributed by atoms with E-state index in [2.05, 4.69) is 5.32 Å². The molecular weight excluding hydrogens is 256 g/mol. The lowest BCUT2D eigenvalue weighted by molar-refractivity contribution is 0.448. The molecule has 1 N–H and O–H groups in total. The zero-order valence-electron chi connectivity index (χ0n) is 12.0. The van der Waals surface area contributed by atoms with Crippen LogP contribution in [0.25, 0.3) is 0 Å². The maximum absolute atomic E-state index is 13.8. The first-order valence-electron chi connectivity index (χ1n) is 6.76. The SMILES string of the molecule is Cc1ccccc1C(C)NC(C)c1cccc(F)c1F. The molecule has 2 aromatic carbocycles. The van der Waals surface area contributed by atoms with Gasteiger partial charge in [-0.05, 0) is 38.0 Å². The molecule has 2 unspecified atom stereocenters. The number of hydrogen-bond acceptors (Lipinski definition) is 1. The van der Waals surface area contributed by atoms with Gasteiger partial charge in [0, 0.05) is 17.6 Å². The van der Waals surface area contributed by atoms with Crippen LogP contribution in [0.5, 0.6) is 0 Å².